The van der Waals surface area contributed by atoms with E-state index in [1.165, 1.54) is 0 Å². The monoisotopic (exact) mass is 546 g/mol. The molecule has 0 unspecified atom stereocenters. The van der Waals surface area contributed by atoms with Crippen molar-refractivity contribution in [3.05, 3.63) is 30.1 Å². The quantitative estimate of drug-likeness (QED) is 0.549. The third-order valence-electron chi connectivity index (χ3n) is 5.91. The molecular formula is C22H28F6N2O7. The minimum Gasteiger partial charge on any atom is -0.475 e. The van der Waals surface area contributed by atoms with Crippen molar-refractivity contribution in [1.82, 2.24) is 9.88 Å². The van der Waals surface area contributed by atoms with Crippen LogP contribution in [-0.2, 0) is 30.4 Å². The van der Waals surface area contributed by atoms with E-state index in [1.807, 2.05) is 24.4 Å². The number of pyridine rings is 1. The average molecular weight is 546 g/mol. The molecule has 4 heterocycles. The number of ether oxygens (including phenoxy) is 3. The molecule has 37 heavy (non-hydrogen) atoms. The van der Waals surface area contributed by atoms with Gasteiger partial charge in [0.1, 0.15) is 0 Å². The molecular weight excluding hydrogens is 518 g/mol. The summed E-state index contributed by atoms with van der Waals surface area (Å²) in [6, 6.07) is 6.62. The van der Waals surface area contributed by atoms with Crippen molar-refractivity contribution in [3.8, 4) is 0 Å². The fraction of sp³-hybridized carbons (Fsp3) is 0.682. The number of aromatic nitrogens is 1. The number of hydrogen-bond acceptors (Lipinski definition) is 7. The third kappa shape index (κ3) is 10.4. The minimum absolute atomic E-state index is 0.0209. The summed E-state index contributed by atoms with van der Waals surface area (Å²) in [6.07, 6.45) is -3.68. The van der Waals surface area contributed by atoms with Crippen LogP contribution >= 0.6 is 0 Å². The smallest absolute Gasteiger partial charge is 0.475 e. The van der Waals surface area contributed by atoms with E-state index in [0.29, 0.717) is 19.3 Å². The molecule has 3 saturated heterocycles. The molecule has 1 aromatic rings. The maximum atomic E-state index is 10.6. The van der Waals surface area contributed by atoms with Crippen LogP contribution in [0.15, 0.2) is 24.4 Å². The van der Waals surface area contributed by atoms with Crippen LogP contribution in [-0.4, -0.2) is 95.0 Å². The molecule has 15 heteroatoms. The maximum absolute atomic E-state index is 10.6. The van der Waals surface area contributed by atoms with Gasteiger partial charge in [0.25, 0.3) is 0 Å². The maximum Gasteiger partial charge on any atom is 0.490 e. The van der Waals surface area contributed by atoms with Gasteiger partial charge in [-0.05, 0) is 31.4 Å². The summed E-state index contributed by atoms with van der Waals surface area (Å²) < 4.78 is 81.2. The van der Waals surface area contributed by atoms with Crippen LogP contribution in [0.2, 0.25) is 0 Å². The van der Waals surface area contributed by atoms with E-state index < -0.39 is 24.3 Å². The van der Waals surface area contributed by atoms with Crippen LogP contribution in [0.1, 0.15) is 31.4 Å². The minimum atomic E-state index is -5.08. The zero-order chi connectivity index (χ0) is 27.7. The predicted octanol–water partition coefficient (Wildman–Crippen LogP) is 3.28. The zero-order valence-corrected chi connectivity index (χ0v) is 19.6. The van der Waals surface area contributed by atoms with Gasteiger partial charge in [0.2, 0.25) is 0 Å². The Labute approximate surface area is 208 Å². The van der Waals surface area contributed by atoms with E-state index >= 15 is 0 Å². The topological polar surface area (TPSA) is 118 Å². The van der Waals surface area contributed by atoms with Crippen molar-refractivity contribution in [1.29, 1.82) is 0 Å². The average Bonchev–Trinajstić information content (AvgIpc) is 3.45. The summed E-state index contributed by atoms with van der Waals surface area (Å²) in [6.45, 7) is 5.32. The van der Waals surface area contributed by atoms with Gasteiger partial charge in [-0.3, -0.25) is 9.88 Å². The molecule has 0 saturated carbocycles. The molecule has 2 N–H and O–H groups in total. The third-order valence-corrected chi connectivity index (χ3v) is 5.91. The van der Waals surface area contributed by atoms with Gasteiger partial charge >= 0.3 is 24.3 Å². The molecule has 0 aliphatic carbocycles. The second-order valence-corrected chi connectivity index (χ2v) is 8.62. The zero-order valence-electron chi connectivity index (χ0n) is 19.6. The predicted molar refractivity (Wildman–Crippen MR) is 114 cm³/mol. The van der Waals surface area contributed by atoms with Crippen LogP contribution in [0.3, 0.4) is 0 Å². The molecule has 1 spiro atoms. The molecule has 1 aromatic heterocycles. The second-order valence-electron chi connectivity index (χ2n) is 8.62. The molecule has 0 radical (unpaired) electrons. The van der Waals surface area contributed by atoms with Gasteiger partial charge in [0, 0.05) is 45.0 Å². The highest BCUT2D eigenvalue weighted by atomic mass is 19.4. The summed E-state index contributed by atoms with van der Waals surface area (Å²) in [4.78, 5) is 24.7. The number of hydrogen-bond donors (Lipinski definition) is 2. The largest absolute Gasteiger partial charge is 0.490 e. The summed E-state index contributed by atoms with van der Waals surface area (Å²) in [5.41, 5.74) is 1.01. The van der Waals surface area contributed by atoms with Crippen molar-refractivity contribution < 1.29 is 60.4 Å². The highest BCUT2D eigenvalue weighted by Crippen LogP contribution is 2.38. The van der Waals surface area contributed by atoms with E-state index in [4.69, 9.17) is 34.0 Å². The number of likely N-dealkylation sites (tertiary alicyclic amines) is 1. The normalized spacial score (nSPS) is 24.6. The summed E-state index contributed by atoms with van der Waals surface area (Å²) >= 11 is 0. The van der Waals surface area contributed by atoms with Crippen LogP contribution < -0.4 is 0 Å². The van der Waals surface area contributed by atoms with Crippen molar-refractivity contribution in [3.63, 3.8) is 0 Å². The Morgan fingerprint density at radius 1 is 1.08 bits per heavy atom. The van der Waals surface area contributed by atoms with E-state index in [0.717, 1.165) is 57.7 Å². The molecule has 210 valence electrons. The first-order valence-electron chi connectivity index (χ1n) is 11.3. The van der Waals surface area contributed by atoms with Gasteiger partial charge in [-0.25, -0.2) is 9.59 Å². The standard InChI is InChI=1S/C18H26N2O3.2C2HF3O2/c1-2-7-19-15(3-1)12-22-17-11-18(23-13-17)6-8-20(14-18)16-4-9-21-10-5-16;2*3-2(4,5)1(6)7/h1-3,7,16-17H,4-6,8-14H2;2*(H,6,7)/t17-,18-;;/m0../s1. The van der Waals surface area contributed by atoms with E-state index in [2.05, 4.69) is 9.88 Å². The Hall–Kier alpha value is -2.49. The number of carboxylic acids is 2. The highest BCUT2D eigenvalue weighted by Gasteiger charge is 2.47. The highest BCUT2D eigenvalue weighted by molar-refractivity contribution is 5.73. The van der Waals surface area contributed by atoms with Crippen molar-refractivity contribution in [2.24, 2.45) is 0 Å². The summed E-state index contributed by atoms with van der Waals surface area (Å²) in [5, 5.41) is 14.2. The first kappa shape index (κ1) is 30.7. The molecule has 0 amide bonds. The molecule has 9 nitrogen and oxygen atoms in total. The van der Waals surface area contributed by atoms with Crippen molar-refractivity contribution >= 4 is 11.9 Å². The number of alkyl halides is 6. The van der Waals surface area contributed by atoms with Crippen molar-refractivity contribution in [2.45, 2.75) is 62.4 Å². The Kier molecular flexibility index (Phi) is 11.1. The number of halogens is 6. The molecule has 2 atom stereocenters. The van der Waals surface area contributed by atoms with Crippen LogP contribution in [0.4, 0.5) is 26.3 Å². The Morgan fingerprint density at radius 2 is 1.68 bits per heavy atom. The van der Waals surface area contributed by atoms with Crippen molar-refractivity contribution in [2.75, 3.05) is 32.9 Å². The van der Waals surface area contributed by atoms with E-state index in [9.17, 15) is 26.3 Å². The van der Waals surface area contributed by atoms with Gasteiger partial charge in [-0.15, -0.1) is 0 Å². The molecule has 3 fully saturated rings. The first-order chi connectivity index (χ1) is 17.2. The fourth-order valence-electron chi connectivity index (χ4n) is 4.12. The number of aliphatic carboxylic acids is 2. The molecule has 0 aromatic carbocycles. The van der Waals surface area contributed by atoms with Crippen LogP contribution in [0.5, 0.6) is 0 Å². The van der Waals surface area contributed by atoms with Crippen LogP contribution in [0, 0.1) is 0 Å². The molecule has 4 rings (SSSR count). The Morgan fingerprint density at radius 3 is 2.19 bits per heavy atom. The number of carboxylic acid groups (broad SMARTS) is 2. The van der Waals surface area contributed by atoms with Gasteiger partial charge in [-0.2, -0.15) is 26.3 Å². The van der Waals surface area contributed by atoms with Gasteiger partial charge in [0.05, 0.1) is 30.6 Å². The van der Waals surface area contributed by atoms with Crippen LogP contribution in [0.25, 0.3) is 0 Å². The lowest BCUT2D eigenvalue weighted by Gasteiger charge is -2.32. The Balaban J connectivity index is 0.000000286. The molecule has 3 aliphatic heterocycles. The van der Waals surface area contributed by atoms with Gasteiger partial charge in [0.15, 0.2) is 0 Å². The lowest BCUT2D eigenvalue weighted by molar-refractivity contribution is -0.193. The number of nitrogens with zero attached hydrogens (tertiary/aromatic N) is 2. The van der Waals surface area contributed by atoms with Gasteiger partial charge < -0.3 is 24.4 Å². The van der Waals surface area contributed by atoms with E-state index in [-0.39, 0.29) is 11.7 Å². The Bertz CT molecular complexity index is 841. The lowest BCUT2D eigenvalue weighted by atomic mass is 9.98. The van der Waals surface area contributed by atoms with E-state index in [1.54, 1.807) is 0 Å². The van der Waals surface area contributed by atoms with Gasteiger partial charge in [-0.1, -0.05) is 6.07 Å². The molecule has 3 aliphatic rings. The second kappa shape index (κ2) is 13.3. The molecule has 0 bridgehead atoms. The first-order valence-corrected chi connectivity index (χ1v) is 11.3. The number of rotatable bonds is 4. The number of carbonyl (C=O) groups is 2. The summed E-state index contributed by atoms with van der Waals surface area (Å²) in [7, 11) is 0. The fourth-order valence-corrected chi connectivity index (χ4v) is 4.12. The lowest BCUT2D eigenvalue weighted by Crippen LogP contribution is -2.41. The summed E-state index contributed by atoms with van der Waals surface area (Å²) in [5.74, 6) is -5.51. The SMILES string of the molecule is O=C(O)C(F)(F)F.O=C(O)C(F)(F)F.c1ccc(CO[C@@H]2CO[C@@]3(CCN(C4CCOCC4)C3)C2)nc1.